The lowest BCUT2D eigenvalue weighted by Crippen LogP contribution is -2.36. The Morgan fingerprint density at radius 2 is 1.67 bits per heavy atom. The highest BCUT2D eigenvalue weighted by Gasteiger charge is 2.19. The standard InChI is InChI=1S/C18H29N3O8S/c1-18(2,3)29-17(22)20(4)10-12-28-14-13-27-11-9-19-30(25,26)16-7-5-15(6-8-16)21(23)24/h5-8,19H,9-14H2,1-4H3. The fourth-order valence-corrected chi connectivity index (χ4v) is 3.05. The number of rotatable bonds is 12. The highest BCUT2D eigenvalue weighted by atomic mass is 32.2. The van der Waals surface area contributed by atoms with Gasteiger partial charge >= 0.3 is 6.09 Å². The van der Waals surface area contributed by atoms with Crippen LogP contribution in [0, 0.1) is 10.1 Å². The third-order valence-electron chi connectivity index (χ3n) is 3.54. The Labute approximate surface area is 176 Å². The van der Waals surface area contributed by atoms with Crippen LogP contribution in [0.1, 0.15) is 20.8 Å². The number of hydrogen-bond donors (Lipinski definition) is 1. The van der Waals surface area contributed by atoms with Crippen LogP contribution in [-0.4, -0.2) is 76.5 Å². The van der Waals surface area contributed by atoms with Crippen molar-refractivity contribution < 1.29 is 32.3 Å². The lowest BCUT2D eigenvalue weighted by atomic mass is 10.2. The van der Waals surface area contributed by atoms with Crippen LogP contribution in [0.3, 0.4) is 0 Å². The summed E-state index contributed by atoms with van der Waals surface area (Å²) in [7, 11) is -2.15. The van der Waals surface area contributed by atoms with Crippen LogP contribution >= 0.6 is 0 Å². The van der Waals surface area contributed by atoms with Gasteiger partial charge in [0.05, 0.1) is 36.2 Å². The Morgan fingerprint density at radius 3 is 2.20 bits per heavy atom. The molecule has 0 unspecified atom stereocenters. The van der Waals surface area contributed by atoms with E-state index in [4.69, 9.17) is 14.2 Å². The van der Waals surface area contributed by atoms with Gasteiger partial charge in [0.1, 0.15) is 5.60 Å². The van der Waals surface area contributed by atoms with E-state index in [0.29, 0.717) is 13.2 Å². The second kappa shape index (κ2) is 11.8. The fraction of sp³-hybridized carbons (Fsp3) is 0.611. The topological polar surface area (TPSA) is 137 Å². The molecule has 0 aliphatic rings. The van der Waals surface area contributed by atoms with Gasteiger partial charge in [0.25, 0.3) is 5.69 Å². The van der Waals surface area contributed by atoms with Crippen molar-refractivity contribution in [3.63, 3.8) is 0 Å². The molecule has 1 aromatic rings. The Morgan fingerprint density at radius 1 is 1.10 bits per heavy atom. The predicted molar refractivity (Wildman–Crippen MR) is 109 cm³/mol. The number of non-ortho nitro benzene ring substituents is 1. The molecule has 0 saturated carbocycles. The summed E-state index contributed by atoms with van der Waals surface area (Å²) in [6, 6.07) is 4.60. The highest BCUT2D eigenvalue weighted by molar-refractivity contribution is 7.89. The van der Waals surface area contributed by atoms with Crippen molar-refractivity contribution in [1.82, 2.24) is 9.62 Å². The number of amides is 1. The number of nitrogens with one attached hydrogen (secondary N) is 1. The molecule has 1 rings (SSSR count). The van der Waals surface area contributed by atoms with Crippen LogP contribution in [0.2, 0.25) is 0 Å². The molecule has 30 heavy (non-hydrogen) atoms. The van der Waals surface area contributed by atoms with E-state index < -0.39 is 26.6 Å². The number of nitro groups is 1. The van der Waals surface area contributed by atoms with Crippen LogP contribution in [0.5, 0.6) is 0 Å². The molecule has 0 fully saturated rings. The first-order valence-electron chi connectivity index (χ1n) is 9.26. The first-order valence-corrected chi connectivity index (χ1v) is 10.7. The fourth-order valence-electron chi connectivity index (χ4n) is 2.03. The SMILES string of the molecule is CN(CCOCCOCCNS(=O)(=O)c1ccc([N+](=O)[O-])cc1)C(=O)OC(C)(C)C. The lowest BCUT2D eigenvalue weighted by molar-refractivity contribution is -0.384. The summed E-state index contributed by atoms with van der Waals surface area (Å²) in [5.41, 5.74) is -0.741. The van der Waals surface area contributed by atoms with Crippen molar-refractivity contribution in [2.45, 2.75) is 31.3 Å². The predicted octanol–water partition coefficient (Wildman–Crippen LogP) is 1.77. The van der Waals surface area contributed by atoms with Crippen molar-refractivity contribution >= 4 is 21.8 Å². The van der Waals surface area contributed by atoms with E-state index in [2.05, 4.69) is 4.72 Å². The Kier molecular flexibility index (Phi) is 10.1. The molecule has 0 spiro atoms. The maximum atomic E-state index is 12.1. The average Bonchev–Trinajstić information content (AvgIpc) is 2.65. The van der Waals surface area contributed by atoms with Crippen molar-refractivity contribution in [2.24, 2.45) is 0 Å². The quantitative estimate of drug-likeness (QED) is 0.291. The third-order valence-corrected chi connectivity index (χ3v) is 5.02. The molecule has 0 radical (unpaired) electrons. The van der Waals surface area contributed by atoms with Gasteiger partial charge in [-0.25, -0.2) is 17.9 Å². The van der Waals surface area contributed by atoms with Crippen LogP contribution in [0.4, 0.5) is 10.5 Å². The first kappa shape index (κ1) is 25.8. The summed E-state index contributed by atoms with van der Waals surface area (Å²) in [4.78, 5) is 23.1. The summed E-state index contributed by atoms with van der Waals surface area (Å²) in [6.45, 7) is 6.77. The number of ether oxygens (including phenoxy) is 3. The number of sulfonamides is 1. The summed E-state index contributed by atoms with van der Waals surface area (Å²) < 4.78 is 42.4. The van der Waals surface area contributed by atoms with Gasteiger partial charge in [-0.3, -0.25) is 10.1 Å². The minimum absolute atomic E-state index is 0.0424. The molecule has 0 bridgehead atoms. The van der Waals surface area contributed by atoms with Crippen LogP contribution in [0.15, 0.2) is 29.2 Å². The van der Waals surface area contributed by atoms with E-state index in [1.807, 2.05) is 0 Å². The second-order valence-electron chi connectivity index (χ2n) is 7.28. The number of benzene rings is 1. The molecule has 12 heteroatoms. The molecule has 11 nitrogen and oxygen atoms in total. The molecule has 1 N–H and O–H groups in total. The summed E-state index contributed by atoms with van der Waals surface area (Å²) in [5.74, 6) is 0. The molecule has 170 valence electrons. The molecule has 0 aromatic heterocycles. The zero-order chi connectivity index (χ0) is 22.8. The molecule has 0 aliphatic heterocycles. The first-order chi connectivity index (χ1) is 13.9. The second-order valence-corrected chi connectivity index (χ2v) is 9.04. The number of carbonyl (C=O) groups is 1. The zero-order valence-electron chi connectivity index (χ0n) is 17.6. The van der Waals surface area contributed by atoms with Gasteiger partial charge in [0, 0.05) is 32.3 Å². The molecule has 0 atom stereocenters. The van der Waals surface area contributed by atoms with Crippen molar-refractivity contribution in [2.75, 3.05) is 46.6 Å². The molecule has 0 heterocycles. The van der Waals surface area contributed by atoms with Crippen LogP contribution in [0.25, 0.3) is 0 Å². The van der Waals surface area contributed by atoms with E-state index >= 15 is 0 Å². The largest absolute Gasteiger partial charge is 0.444 e. The van der Waals surface area contributed by atoms with Crippen molar-refractivity contribution in [3.8, 4) is 0 Å². The molecular formula is C18H29N3O8S. The maximum absolute atomic E-state index is 12.1. The molecule has 1 aromatic carbocycles. The van der Waals surface area contributed by atoms with Gasteiger partial charge in [-0.1, -0.05) is 0 Å². The van der Waals surface area contributed by atoms with Gasteiger partial charge in [-0.15, -0.1) is 0 Å². The number of likely N-dealkylation sites (N-methyl/N-ethyl adjacent to an activating group) is 1. The van der Waals surface area contributed by atoms with Gasteiger partial charge in [0.2, 0.25) is 10.0 Å². The summed E-state index contributed by atoms with van der Waals surface area (Å²) >= 11 is 0. The van der Waals surface area contributed by atoms with E-state index in [0.717, 1.165) is 12.1 Å². The lowest BCUT2D eigenvalue weighted by Gasteiger charge is -2.24. The minimum Gasteiger partial charge on any atom is -0.444 e. The minimum atomic E-state index is -3.77. The van der Waals surface area contributed by atoms with Crippen LogP contribution < -0.4 is 4.72 Å². The monoisotopic (exact) mass is 447 g/mol. The number of nitro benzene ring substituents is 1. The number of hydrogen-bond acceptors (Lipinski definition) is 8. The Bertz CT molecular complexity index is 791. The van der Waals surface area contributed by atoms with E-state index in [1.54, 1.807) is 27.8 Å². The van der Waals surface area contributed by atoms with E-state index in [1.165, 1.54) is 17.0 Å². The van der Waals surface area contributed by atoms with E-state index in [-0.39, 0.29) is 36.9 Å². The smallest absolute Gasteiger partial charge is 0.410 e. The van der Waals surface area contributed by atoms with Crippen molar-refractivity contribution in [1.29, 1.82) is 0 Å². The molecule has 0 saturated heterocycles. The van der Waals surface area contributed by atoms with Gasteiger partial charge in [0.15, 0.2) is 0 Å². The zero-order valence-corrected chi connectivity index (χ0v) is 18.4. The van der Waals surface area contributed by atoms with Gasteiger partial charge in [-0.2, -0.15) is 0 Å². The summed E-state index contributed by atoms with van der Waals surface area (Å²) in [5, 5.41) is 10.6. The van der Waals surface area contributed by atoms with Gasteiger partial charge in [-0.05, 0) is 32.9 Å². The average molecular weight is 448 g/mol. The molecular weight excluding hydrogens is 418 g/mol. The van der Waals surface area contributed by atoms with Crippen molar-refractivity contribution in [3.05, 3.63) is 34.4 Å². The molecule has 0 aliphatic carbocycles. The Balaban J connectivity index is 2.15. The van der Waals surface area contributed by atoms with E-state index in [9.17, 15) is 23.3 Å². The third kappa shape index (κ3) is 9.96. The summed E-state index contributed by atoms with van der Waals surface area (Å²) in [6.07, 6.45) is -0.428. The Hall–Kier alpha value is -2.28. The number of carbonyl (C=O) groups excluding carboxylic acids is 1. The maximum Gasteiger partial charge on any atom is 0.410 e. The van der Waals surface area contributed by atoms with Gasteiger partial charge < -0.3 is 19.1 Å². The molecule has 1 amide bonds. The normalized spacial score (nSPS) is 11.9. The number of nitrogens with zero attached hydrogens (tertiary/aromatic N) is 2. The van der Waals surface area contributed by atoms with Crippen LogP contribution in [-0.2, 0) is 24.2 Å². The highest BCUT2D eigenvalue weighted by Crippen LogP contribution is 2.15.